The molecule has 3 aromatic rings. The number of aromatic nitrogens is 2. The maximum absolute atomic E-state index is 11.5. The van der Waals surface area contributed by atoms with Gasteiger partial charge < -0.3 is 0 Å². The topological polar surface area (TPSA) is 72.2 Å². The van der Waals surface area contributed by atoms with Crippen LogP contribution in [0.25, 0.3) is 16.7 Å². The number of para-hydroxylation sites is 3. The highest BCUT2D eigenvalue weighted by Gasteiger charge is 2.21. The molecular weight excluding hydrogens is 264 g/mol. The van der Waals surface area contributed by atoms with Crippen LogP contribution in [0.1, 0.15) is 0 Å². The number of benzene rings is 2. The lowest BCUT2D eigenvalue weighted by Gasteiger charge is -2.06. The van der Waals surface area contributed by atoms with Crippen LogP contribution in [-0.4, -0.2) is 22.5 Å². The first-order valence-corrected chi connectivity index (χ1v) is 7.02. The van der Waals surface area contributed by atoms with Gasteiger partial charge in [0.05, 0.1) is 11.0 Å². The summed E-state index contributed by atoms with van der Waals surface area (Å²) < 4.78 is 33.7. The van der Waals surface area contributed by atoms with Crippen LogP contribution in [0, 0.1) is 0 Å². The van der Waals surface area contributed by atoms with E-state index in [1.54, 1.807) is 48.5 Å². The molecule has 0 radical (unpaired) electrons. The standard InChI is InChI=1S/C13H10N2O3S/c16-19(17,18)13-14-11-8-4-5-9-12(11)15(13)10-6-2-1-3-7-10/h1-9H,(H,16,17,18). The Labute approximate surface area is 109 Å². The maximum atomic E-state index is 11.5. The second-order valence-corrected chi connectivity index (χ2v) is 5.34. The minimum Gasteiger partial charge on any atom is -0.281 e. The summed E-state index contributed by atoms with van der Waals surface area (Å²) in [5.74, 6) is 0. The average Bonchev–Trinajstić information content (AvgIpc) is 2.79. The third-order valence-corrected chi connectivity index (χ3v) is 3.51. The predicted octanol–water partition coefficient (Wildman–Crippen LogP) is 2.27. The van der Waals surface area contributed by atoms with E-state index in [4.69, 9.17) is 0 Å². The van der Waals surface area contributed by atoms with Gasteiger partial charge in [-0.1, -0.05) is 30.3 Å². The highest BCUT2D eigenvalue weighted by Crippen LogP contribution is 2.23. The quantitative estimate of drug-likeness (QED) is 0.728. The summed E-state index contributed by atoms with van der Waals surface area (Å²) in [6, 6.07) is 15.9. The Morgan fingerprint density at radius 3 is 2.26 bits per heavy atom. The first-order chi connectivity index (χ1) is 9.07. The van der Waals surface area contributed by atoms with Crippen LogP contribution in [0.15, 0.2) is 59.8 Å². The lowest BCUT2D eigenvalue weighted by molar-refractivity contribution is 0.472. The zero-order valence-electron chi connectivity index (χ0n) is 9.76. The van der Waals surface area contributed by atoms with Gasteiger partial charge in [0.25, 0.3) is 5.16 Å². The fourth-order valence-corrected chi connectivity index (χ4v) is 2.65. The lowest BCUT2D eigenvalue weighted by atomic mass is 10.3. The molecule has 0 saturated carbocycles. The van der Waals surface area contributed by atoms with Crippen LogP contribution in [0.2, 0.25) is 0 Å². The number of fused-ring (bicyclic) bond motifs is 1. The fraction of sp³-hybridized carbons (Fsp3) is 0. The second-order valence-electron chi connectivity index (χ2n) is 4.03. The Bertz CT molecular complexity index is 839. The Hall–Kier alpha value is -2.18. The summed E-state index contributed by atoms with van der Waals surface area (Å²) in [5.41, 5.74) is 1.77. The van der Waals surface area contributed by atoms with Gasteiger partial charge >= 0.3 is 10.1 Å². The number of hydrogen-bond acceptors (Lipinski definition) is 3. The maximum Gasteiger partial charge on any atom is 0.329 e. The van der Waals surface area contributed by atoms with Crippen LogP contribution >= 0.6 is 0 Å². The molecule has 0 atom stereocenters. The minimum atomic E-state index is -4.39. The summed E-state index contributed by atoms with van der Waals surface area (Å²) >= 11 is 0. The number of rotatable bonds is 2. The molecule has 96 valence electrons. The summed E-state index contributed by atoms with van der Waals surface area (Å²) in [6.45, 7) is 0. The molecule has 0 spiro atoms. The van der Waals surface area contributed by atoms with Crippen LogP contribution in [0.3, 0.4) is 0 Å². The lowest BCUT2D eigenvalue weighted by Crippen LogP contribution is -2.08. The number of hydrogen-bond donors (Lipinski definition) is 1. The van der Waals surface area contributed by atoms with Gasteiger partial charge in [0.15, 0.2) is 0 Å². The Morgan fingerprint density at radius 1 is 0.947 bits per heavy atom. The largest absolute Gasteiger partial charge is 0.329 e. The summed E-state index contributed by atoms with van der Waals surface area (Å²) in [7, 11) is -4.39. The first kappa shape index (κ1) is 11.9. The van der Waals surface area contributed by atoms with Gasteiger partial charge in [-0.05, 0) is 24.3 Å². The molecule has 1 heterocycles. The highest BCUT2D eigenvalue weighted by atomic mass is 32.2. The predicted molar refractivity (Wildman–Crippen MR) is 70.9 cm³/mol. The van der Waals surface area contributed by atoms with Gasteiger partial charge in [-0.15, -0.1) is 0 Å². The molecular formula is C13H10N2O3S. The molecule has 0 aliphatic rings. The van der Waals surface area contributed by atoms with Crippen molar-refractivity contribution in [2.24, 2.45) is 0 Å². The van der Waals surface area contributed by atoms with Crippen molar-refractivity contribution < 1.29 is 13.0 Å². The van der Waals surface area contributed by atoms with E-state index in [9.17, 15) is 13.0 Å². The molecule has 0 unspecified atom stereocenters. The molecule has 0 amide bonds. The van der Waals surface area contributed by atoms with Gasteiger partial charge in [-0.3, -0.25) is 9.12 Å². The van der Waals surface area contributed by atoms with E-state index in [0.717, 1.165) is 0 Å². The highest BCUT2D eigenvalue weighted by molar-refractivity contribution is 7.85. The normalized spacial score (nSPS) is 11.8. The smallest absolute Gasteiger partial charge is 0.281 e. The molecule has 19 heavy (non-hydrogen) atoms. The molecule has 1 aromatic heterocycles. The van der Waals surface area contributed by atoms with Crippen molar-refractivity contribution in [2.75, 3.05) is 0 Å². The number of imidazole rings is 1. The van der Waals surface area contributed by atoms with Crippen molar-refractivity contribution in [3.05, 3.63) is 54.6 Å². The molecule has 3 rings (SSSR count). The summed E-state index contributed by atoms with van der Waals surface area (Å²) in [5, 5.41) is -0.375. The van der Waals surface area contributed by atoms with E-state index in [0.29, 0.717) is 16.7 Å². The zero-order chi connectivity index (χ0) is 13.5. The molecule has 5 nitrogen and oxygen atoms in total. The minimum absolute atomic E-state index is 0.375. The molecule has 0 saturated heterocycles. The van der Waals surface area contributed by atoms with Crippen molar-refractivity contribution >= 4 is 21.2 Å². The molecule has 0 fully saturated rings. The van der Waals surface area contributed by atoms with E-state index in [1.165, 1.54) is 4.57 Å². The fourth-order valence-electron chi connectivity index (χ4n) is 2.00. The summed E-state index contributed by atoms with van der Waals surface area (Å²) in [4.78, 5) is 3.99. The molecule has 0 bridgehead atoms. The number of nitrogens with zero attached hydrogens (tertiary/aromatic N) is 2. The van der Waals surface area contributed by atoms with E-state index >= 15 is 0 Å². The van der Waals surface area contributed by atoms with Crippen LogP contribution in [0.4, 0.5) is 0 Å². The third-order valence-electron chi connectivity index (χ3n) is 2.78. The molecule has 1 N–H and O–H groups in total. The van der Waals surface area contributed by atoms with Gasteiger partial charge in [-0.25, -0.2) is 4.98 Å². The van der Waals surface area contributed by atoms with Gasteiger partial charge in [0, 0.05) is 5.69 Å². The Kier molecular flexibility index (Phi) is 2.62. The van der Waals surface area contributed by atoms with Gasteiger partial charge in [0.2, 0.25) is 0 Å². The molecule has 0 aliphatic carbocycles. The Morgan fingerprint density at radius 2 is 1.58 bits per heavy atom. The second kappa shape index (κ2) is 4.18. The van der Waals surface area contributed by atoms with Crippen molar-refractivity contribution in [1.82, 2.24) is 9.55 Å². The average molecular weight is 274 g/mol. The monoisotopic (exact) mass is 274 g/mol. The van der Waals surface area contributed by atoms with Crippen LogP contribution < -0.4 is 0 Å². The SMILES string of the molecule is O=S(=O)(O)c1nc2ccccc2n1-c1ccccc1. The van der Waals surface area contributed by atoms with E-state index in [1.807, 2.05) is 6.07 Å². The van der Waals surface area contributed by atoms with Crippen molar-refractivity contribution in [3.8, 4) is 5.69 Å². The Balaban J connectivity index is 2.45. The third kappa shape index (κ3) is 2.00. The van der Waals surface area contributed by atoms with Crippen molar-refractivity contribution in [2.45, 2.75) is 5.16 Å². The zero-order valence-corrected chi connectivity index (χ0v) is 10.6. The van der Waals surface area contributed by atoms with Crippen molar-refractivity contribution in [3.63, 3.8) is 0 Å². The molecule has 0 aliphatic heterocycles. The van der Waals surface area contributed by atoms with E-state index in [2.05, 4.69) is 4.98 Å². The molecule has 2 aromatic carbocycles. The van der Waals surface area contributed by atoms with Crippen LogP contribution in [0.5, 0.6) is 0 Å². The van der Waals surface area contributed by atoms with Crippen LogP contribution in [-0.2, 0) is 10.1 Å². The first-order valence-electron chi connectivity index (χ1n) is 5.58. The van der Waals surface area contributed by atoms with Gasteiger partial charge in [0.1, 0.15) is 0 Å². The molecule has 6 heteroatoms. The van der Waals surface area contributed by atoms with E-state index < -0.39 is 10.1 Å². The van der Waals surface area contributed by atoms with E-state index in [-0.39, 0.29) is 5.16 Å². The van der Waals surface area contributed by atoms with Gasteiger partial charge in [-0.2, -0.15) is 8.42 Å². The summed E-state index contributed by atoms with van der Waals surface area (Å²) in [6.07, 6.45) is 0. The van der Waals surface area contributed by atoms with Crippen molar-refractivity contribution in [1.29, 1.82) is 0 Å².